The molecule has 19 heavy (non-hydrogen) atoms. The van der Waals surface area contributed by atoms with Gasteiger partial charge in [0.05, 0.1) is 0 Å². The highest BCUT2D eigenvalue weighted by atomic mass is 79.9. The molecular formula is C16H14BrNS. The fraction of sp³-hybridized carbons (Fsp3) is 0.125. The van der Waals surface area contributed by atoms with Crippen molar-refractivity contribution in [3.05, 3.63) is 68.8 Å². The van der Waals surface area contributed by atoms with E-state index >= 15 is 0 Å². The number of nitrogens with two attached hydrogens (primary N) is 1. The zero-order valence-corrected chi connectivity index (χ0v) is 12.7. The van der Waals surface area contributed by atoms with E-state index in [-0.39, 0.29) is 6.04 Å². The summed E-state index contributed by atoms with van der Waals surface area (Å²) in [6.07, 6.45) is 0.858. The fourth-order valence-corrected chi connectivity index (χ4v) is 4.03. The van der Waals surface area contributed by atoms with Gasteiger partial charge >= 0.3 is 0 Å². The summed E-state index contributed by atoms with van der Waals surface area (Å²) in [6.45, 7) is 0. The number of benzene rings is 2. The van der Waals surface area contributed by atoms with Crippen molar-refractivity contribution in [1.82, 2.24) is 0 Å². The van der Waals surface area contributed by atoms with Crippen molar-refractivity contribution in [1.29, 1.82) is 0 Å². The largest absolute Gasteiger partial charge is 0.324 e. The molecule has 0 amide bonds. The van der Waals surface area contributed by atoms with Crippen LogP contribution in [0.15, 0.2) is 57.7 Å². The molecule has 0 aliphatic heterocycles. The average Bonchev–Trinajstić information content (AvgIpc) is 2.85. The summed E-state index contributed by atoms with van der Waals surface area (Å²) in [5, 5.41) is 6.78. The second kappa shape index (κ2) is 5.45. The van der Waals surface area contributed by atoms with E-state index in [1.54, 1.807) is 11.3 Å². The topological polar surface area (TPSA) is 26.0 Å². The predicted molar refractivity (Wildman–Crippen MR) is 86.6 cm³/mol. The first-order valence-corrected chi connectivity index (χ1v) is 7.93. The lowest BCUT2D eigenvalue weighted by Gasteiger charge is -2.13. The van der Waals surface area contributed by atoms with Gasteiger partial charge in [-0.2, -0.15) is 11.3 Å². The van der Waals surface area contributed by atoms with Crippen LogP contribution >= 0.6 is 27.3 Å². The summed E-state index contributed by atoms with van der Waals surface area (Å²) >= 11 is 5.24. The average molecular weight is 332 g/mol. The zero-order valence-electron chi connectivity index (χ0n) is 10.3. The van der Waals surface area contributed by atoms with Crippen LogP contribution in [-0.2, 0) is 6.42 Å². The Balaban J connectivity index is 1.96. The maximum atomic E-state index is 6.34. The van der Waals surface area contributed by atoms with Gasteiger partial charge < -0.3 is 5.73 Å². The van der Waals surface area contributed by atoms with Gasteiger partial charge in [0.15, 0.2) is 0 Å². The Kier molecular flexibility index (Phi) is 3.69. The molecule has 3 rings (SSSR count). The minimum atomic E-state index is 0.0337. The van der Waals surface area contributed by atoms with Gasteiger partial charge in [0.2, 0.25) is 0 Å². The summed E-state index contributed by atoms with van der Waals surface area (Å²) in [7, 11) is 0. The van der Waals surface area contributed by atoms with Crippen molar-refractivity contribution < 1.29 is 0 Å². The van der Waals surface area contributed by atoms with E-state index in [1.807, 2.05) is 0 Å². The number of hydrogen-bond donors (Lipinski definition) is 1. The third-order valence-electron chi connectivity index (χ3n) is 3.36. The molecular weight excluding hydrogens is 318 g/mol. The Bertz CT molecular complexity index is 699. The number of halogens is 1. The summed E-state index contributed by atoms with van der Waals surface area (Å²) in [4.78, 5) is 0. The lowest BCUT2D eigenvalue weighted by Crippen LogP contribution is -2.13. The Morgan fingerprint density at radius 1 is 1.05 bits per heavy atom. The quantitative estimate of drug-likeness (QED) is 0.725. The minimum Gasteiger partial charge on any atom is -0.324 e. The van der Waals surface area contributed by atoms with Crippen molar-refractivity contribution >= 4 is 38.0 Å². The summed E-state index contributed by atoms with van der Waals surface area (Å²) in [6, 6.07) is 14.9. The molecule has 2 aromatic carbocycles. The number of hydrogen-bond acceptors (Lipinski definition) is 2. The van der Waals surface area contributed by atoms with Crippen LogP contribution in [0.25, 0.3) is 10.8 Å². The fourth-order valence-electron chi connectivity index (χ4n) is 2.37. The molecule has 1 unspecified atom stereocenters. The highest BCUT2D eigenvalue weighted by Crippen LogP contribution is 2.29. The van der Waals surface area contributed by atoms with E-state index < -0.39 is 0 Å². The molecule has 1 heterocycles. The number of thiophene rings is 1. The monoisotopic (exact) mass is 331 g/mol. The number of rotatable bonds is 3. The van der Waals surface area contributed by atoms with Gasteiger partial charge in [0.25, 0.3) is 0 Å². The molecule has 3 heteroatoms. The maximum absolute atomic E-state index is 6.34. The van der Waals surface area contributed by atoms with Crippen LogP contribution in [0.2, 0.25) is 0 Å². The van der Waals surface area contributed by atoms with Crippen LogP contribution in [0, 0.1) is 0 Å². The first-order chi connectivity index (χ1) is 9.25. The Morgan fingerprint density at radius 3 is 2.63 bits per heavy atom. The van der Waals surface area contributed by atoms with Crippen LogP contribution in [-0.4, -0.2) is 0 Å². The molecule has 1 atom stereocenters. The normalized spacial score (nSPS) is 12.7. The molecule has 0 saturated carbocycles. The Hall–Kier alpha value is -1.16. The highest BCUT2D eigenvalue weighted by Gasteiger charge is 2.12. The van der Waals surface area contributed by atoms with E-state index in [2.05, 4.69) is 69.2 Å². The molecule has 2 N–H and O–H groups in total. The van der Waals surface area contributed by atoms with Crippen molar-refractivity contribution in [2.24, 2.45) is 5.73 Å². The molecule has 0 fully saturated rings. The minimum absolute atomic E-state index is 0.0337. The van der Waals surface area contributed by atoms with Crippen molar-refractivity contribution in [2.75, 3.05) is 0 Å². The smallest absolute Gasteiger partial charge is 0.0355 e. The standard InChI is InChI=1S/C16H14BrNS/c17-15-10-19-9-14(15)16(18)8-12-6-3-5-11-4-1-2-7-13(11)12/h1-7,9-10,16H,8,18H2. The SMILES string of the molecule is NC(Cc1cccc2ccccc12)c1cscc1Br. The molecule has 0 saturated heterocycles. The van der Waals surface area contributed by atoms with Crippen LogP contribution in [0.5, 0.6) is 0 Å². The summed E-state index contributed by atoms with van der Waals surface area (Å²) in [5.41, 5.74) is 8.84. The van der Waals surface area contributed by atoms with E-state index in [4.69, 9.17) is 5.73 Å². The Morgan fingerprint density at radius 2 is 1.84 bits per heavy atom. The molecule has 0 aliphatic carbocycles. The molecule has 0 aliphatic rings. The van der Waals surface area contributed by atoms with Crippen LogP contribution in [0.3, 0.4) is 0 Å². The summed E-state index contributed by atoms with van der Waals surface area (Å²) < 4.78 is 1.12. The predicted octanol–water partition coefficient (Wildman–Crippen LogP) is 4.91. The lowest BCUT2D eigenvalue weighted by atomic mass is 9.97. The van der Waals surface area contributed by atoms with Gasteiger partial charge in [-0.3, -0.25) is 0 Å². The molecule has 3 aromatic rings. The lowest BCUT2D eigenvalue weighted by molar-refractivity contribution is 0.725. The first-order valence-electron chi connectivity index (χ1n) is 6.19. The molecule has 1 nitrogen and oxygen atoms in total. The highest BCUT2D eigenvalue weighted by molar-refractivity contribution is 9.10. The molecule has 1 aromatic heterocycles. The van der Waals surface area contributed by atoms with Crippen molar-refractivity contribution in [2.45, 2.75) is 12.5 Å². The molecule has 0 spiro atoms. The van der Waals surface area contributed by atoms with Gasteiger partial charge in [0, 0.05) is 15.9 Å². The van der Waals surface area contributed by atoms with Gasteiger partial charge in [0.1, 0.15) is 0 Å². The number of fused-ring (bicyclic) bond motifs is 1. The first kappa shape index (κ1) is 12.9. The third kappa shape index (κ3) is 2.59. The second-order valence-corrected chi connectivity index (χ2v) is 6.22. The van der Waals surface area contributed by atoms with E-state index in [0.29, 0.717) is 0 Å². The molecule has 0 radical (unpaired) electrons. The van der Waals surface area contributed by atoms with Crippen molar-refractivity contribution in [3.63, 3.8) is 0 Å². The van der Waals surface area contributed by atoms with Gasteiger partial charge in [-0.1, -0.05) is 42.5 Å². The van der Waals surface area contributed by atoms with E-state index in [1.165, 1.54) is 21.9 Å². The van der Waals surface area contributed by atoms with Gasteiger partial charge in [-0.15, -0.1) is 0 Å². The van der Waals surface area contributed by atoms with Gasteiger partial charge in [-0.25, -0.2) is 0 Å². The third-order valence-corrected chi connectivity index (χ3v) is 5.11. The second-order valence-electron chi connectivity index (χ2n) is 4.62. The van der Waals surface area contributed by atoms with Crippen LogP contribution < -0.4 is 5.73 Å². The van der Waals surface area contributed by atoms with E-state index in [9.17, 15) is 0 Å². The molecule has 0 bridgehead atoms. The van der Waals surface area contributed by atoms with E-state index in [0.717, 1.165) is 10.9 Å². The molecule has 96 valence electrons. The van der Waals surface area contributed by atoms with Gasteiger partial charge in [-0.05, 0) is 49.6 Å². The van der Waals surface area contributed by atoms with Crippen molar-refractivity contribution in [3.8, 4) is 0 Å². The maximum Gasteiger partial charge on any atom is 0.0355 e. The van der Waals surface area contributed by atoms with Crippen LogP contribution in [0.1, 0.15) is 17.2 Å². The Labute approximate surface area is 125 Å². The summed E-state index contributed by atoms with van der Waals surface area (Å²) in [5.74, 6) is 0. The zero-order chi connectivity index (χ0) is 13.2. The van der Waals surface area contributed by atoms with Crippen LogP contribution in [0.4, 0.5) is 0 Å².